The highest BCUT2D eigenvalue weighted by atomic mass is 35.5. The molecular weight excluding hydrogens is 394 g/mol. The minimum Gasteiger partial charge on any atom is -0.449 e. The average molecular weight is 406 g/mol. The van der Waals surface area contributed by atoms with E-state index in [1.807, 2.05) is 0 Å². The molecule has 9 heteroatoms. The lowest BCUT2D eigenvalue weighted by atomic mass is 10.1. The van der Waals surface area contributed by atoms with Crippen molar-refractivity contribution in [3.63, 3.8) is 0 Å². The van der Waals surface area contributed by atoms with Crippen molar-refractivity contribution < 1.29 is 27.5 Å². The van der Waals surface area contributed by atoms with Gasteiger partial charge in [0.05, 0.1) is 26.9 Å². The Labute approximate surface area is 156 Å². The van der Waals surface area contributed by atoms with Crippen molar-refractivity contribution >= 4 is 40.8 Å². The molecule has 0 aliphatic rings. The SMILES string of the molecule is C[C@@H](OC(=O)c1ccc(Cl)c(Cl)c1)C(=O)Nc1ccccc1C(F)(F)F. The molecule has 0 spiro atoms. The van der Waals surface area contributed by atoms with E-state index in [0.717, 1.165) is 12.1 Å². The van der Waals surface area contributed by atoms with Crippen molar-refractivity contribution in [3.8, 4) is 0 Å². The van der Waals surface area contributed by atoms with E-state index in [4.69, 9.17) is 27.9 Å². The van der Waals surface area contributed by atoms with Crippen LogP contribution in [-0.4, -0.2) is 18.0 Å². The molecule has 2 aromatic rings. The number of alkyl halides is 3. The van der Waals surface area contributed by atoms with Crippen LogP contribution in [0.3, 0.4) is 0 Å². The Kier molecular flexibility index (Phi) is 6.15. The van der Waals surface area contributed by atoms with Gasteiger partial charge in [0, 0.05) is 0 Å². The maximum absolute atomic E-state index is 12.9. The highest BCUT2D eigenvalue weighted by Gasteiger charge is 2.34. The second-order valence-electron chi connectivity index (χ2n) is 5.21. The third kappa shape index (κ3) is 4.89. The molecule has 1 amide bonds. The molecule has 0 fully saturated rings. The van der Waals surface area contributed by atoms with Gasteiger partial charge < -0.3 is 10.1 Å². The molecule has 138 valence electrons. The molecule has 0 unspecified atom stereocenters. The van der Waals surface area contributed by atoms with Crippen LogP contribution in [-0.2, 0) is 15.7 Å². The van der Waals surface area contributed by atoms with Crippen molar-refractivity contribution in [2.75, 3.05) is 5.32 Å². The van der Waals surface area contributed by atoms with Gasteiger partial charge in [0.25, 0.3) is 5.91 Å². The van der Waals surface area contributed by atoms with Gasteiger partial charge in [-0.25, -0.2) is 4.79 Å². The highest BCUT2D eigenvalue weighted by molar-refractivity contribution is 6.42. The predicted octanol–water partition coefficient (Wildman–Crippen LogP) is 5.20. The van der Waals surface area contributed by atoms with Gasteiger partial charge in [-0.2, -0.15) is 13.2 Å². The fourth-order valence-corrected chi connectivity index (χ4v) is 2.28. The molecule has 0 bridgehead atoms. The Hall–Kier alpha value is -2.25. The van der Waals surface area contributed by atoms with Gasteiger partial charge in [-0.05, 0) is 37.3 Å². The molecule has 0 saturated carbocycles. The summed E-state index contributed by atoms with van der Waals surface area (Å²) in [7, 11) is 0. The van der Waals surface area contributed by atoms with Crippen molar-refractivity contribution in [2.45, 2.75) is 19.2 Å². The minimum atomic E-state index is -4.64. The Morgan fingerprint density at radius 3 is 2.35 bits per heavy atom. The first kappa shape index (κ1) is 20.1. The van der Waals surface area contributed by atoms with Gasteiger partial charge >= 0.3 is 12.1 Å². The molecule has 1 N–H and O–H groups in total. The van der Waals surface area contributed by atoms with Crippen molar-refractivity contribution in [1.82, 2.24) is 0 Å². The van der Waals surface area contributed by atoms with E-state index in [-0.39, 0.29) is 15.6 Å². The number of benzene rings is 2. The summed E-state index contributed by atoms with van der Waals surface area (Å²) in [5.74, 6) is -1.77. The lowest BCUT2D eigenvalue weighted by Crippen LogP contribution is -2.30. The third-order valence-corrected chi connectivity index (χ3v) is 4.04. The van der Waals surface area contributed by atoms with Crippen molar-refractivity contribution in [2.24, 2.45) is 0 Å². The summed E-state index contributed by atoms with van der Waals surface area (Å²) in [6, 6.07) is 8.47. The molecule has 0 aliphatic heterocycles. The number of hydrogen-bond donors (Lipinski definition) is 1. The zero-order valence-electron chi connectivity index (χ0n) is 13.2. The number of ether oxygens (including phenoxy) is 1. The monoisotopic (exact) mass is 405 g/mol. The number of carbonyl (C=O) groups excluding carboxylic acids is 2. The molecule has 0 aliphatic carbocycles. The number of carbonyl (C=O) groups is 2. The third-order valence-electron chi connectivity index (χ3n) is 3.30. The Morgan fingerprint density at radius 2 is 1.73 bits per heavy atom. The van der Waals surface area contributed by atoms with Gasteiger partial charge in [0.1, 0.15) is 0 Å². The molecule has 2 rings (SSSR count). The van der Waals surface area contributed by atoms with E-state index in [2.05, 4.69) is 5.32 Å². The van der Waals surface area contributed by atoms with E-state index in [1.54, 1.807) is 0 Å². The zero-order valence-corrected chi connectivity index (χ0v) is 14.7. The van der Waals surface area contributed by atoms with E-state index < -0.39 is 35.4 Å². The molecule has 4 nitrogen and oxygen atoms in total. The van der Waals surface area contributed by atoms with Crippen LogP contribution in [0, 0.1) is 0 Å². The fraction of sp³-hybridized carbons (Fsp3) is 0.176. The second-order valence-corrected chi connectivity index (χ2v) is 6.02. The summed E-state index contributed by atoms with van der Waals surface area (Å²) in [6.07, 6.45) is -5.97. The summed E-state index contributed by atoms with van der Waals surface area (Å²) in [6.45, 7) is 1.24. The number of amides is 1. The molecule has 0 heterocycles. The topological polar surface area (TPSA) is 55.4 Å². The van der Waals surface area contributed by atoms with E-state index in [1.165, 1.54) is 37.3 Å². The number of esters is 1. The molecule has 0 saturated heterocycles. The van der Waals surface area contributed by atoms with Crippen LogP contribution < -0.4 is 5.32 Å². The summed E-state index contributed by atoms with van der Waals surface area (Å²) in [4.78, 5) is 24.1. The zero-order chi connectivity index (χ0) is 19.5. The fourth-order valence-electron chi connectivity index (χ4n) is 1.98. The smallest absolute Gasteiger partial charge is 0.418 e. The van der Waals surface area contributed by atoms with Gasteiger partial charge in [-0.15, -0.1) is 0 Å². The number of para-hydroxylation sites is 1. The largest absolute Gasteiger partial charge is 0.449 e. The Bertz CT molecular complexity index is 840. The lowest BCUT2D eigenvalue weighted by Gasteiger charge is -2.17. The first-order valence-corrected chi connectivity index (χ1v) is 7.98. The molecule has 26 heavy (non-hydrogen) atoms. The predicted molar refractivity (Wildman–Crippen MR) is 91.4 cm³/mol. The van der Waals surface area contributed by atoms with Crippen molar-refractivity contribution in [1.29, 1.82) is 0 Å². The second kappa shape index (κ2) is 7.97. The van der Waals surface area contributed by atoms with Crippen LogP contribution in [0.25, 0.3) is 0 Å². The van der Waals surface area contributed by atoms with Crippen LogP contribution in [0.5, 0.6) is 0 Å². The average Bonchev–Trinajstić information content (AvgIpc) is 2.56. The number of hydrogen-bond acceptors (Lipinski definition) is 3. The number of halogens is 5. The number of nitrogens with one attached hydrogen (secondary N) is 1. The minimum absolute atomic E-state index is 0.0507. The van der Waals surface area contributed by atoms with Crippen LogP contribution in [0.1, 0.15) is 22.8 Å². The Balaban J connectivity index is 2.09. The first-order chi connectivity index (χ1) is 12.1. The standard InChI is InChI=1S/C17H12Cl2F3NO3/c1-9(26-16(25)10-6-7-12(18)13(19)8-10)15(24)23-14-5-3-2-4-11(14)17(20,21)22/h2-9H,1H3,(H,23,24)/t9-/m1/s1. The van der Waals surface area contributed by atoms with Crippen LogP contribution in [0.4, 0.5) is 18.9 Å². The van der Waals surface area contributed by atoms with Gasteiger partial charge in [-0.3, -0.25) is 4.79 Å². The van der Waals surface area contributed by atoms with Gasteiger partial charge in [-0.1, -0.05) is 35.3 Å². The quantitative estimate of drug-likeness (QED) is 0.711. The maximum atomic E-state index is 12.9. The van der Waals surface area contributed by atoms with Crippen LogP contribution in [0.15, 0.2) is 42.5 Å². The molecular formula is C17H12Cl2F3NO3. The summed E-state index contributed by atoms with van der Waals surface area (Å²) < 4.78 is 43.8. The molecule has 1 atom stereocenters. The van der Waals surface area contributed by atoms with Gasteiger partial charge in [0.2, 0.25) is 0 Å². The highest BCUT2D eigenvalue weighted by Crippen LogP contribution is 2.34. The first-order valence-electron chi connectivity index (χ1n) is 7.22. The summed E-state index contributed by atoms with van der Waals surface area (Å²) in [5, 5.41) is 2.47. The van der Waals surface area contributed by atoms with E-state index in [9.17, 15) is 22.8 Å². The molecule has 2 aromatic carbocycles. The normalized spacial score (nSPS) is 12.4. The van der Waals surface area contributed by atoms with E-state index in [0.29, 0.717) is 0 Å². The Morgan fingerprint density at radius 1 is 1.08 bits per heavy atom. The van der Waals surface area contributed by atoms with E-state index >= 15 is 0 Å². The summed E-state index contributed by atoms with van der Waals surface area (Å²) in [5.41, 5.74) is -1.38. The van der Waals surface area contributed by atoms with Crippen molar-refractivity contribution in [3.05, 3.63) is 63.6 Å². The van der Waals surface area contributed by atoms with Crippen LogP contribution >= 0.6 is 23.2 Å². The lowest BCUT2D eigenvalue weighted by molar-refractivity contribution is -0.137. The number of anilines is 1. The molecule has 0 aromatic heterocycles. The maximum Gasteiger partial charge on any atom is 0.418 e. The van der Waals surface area contributed by atoms with Crippen LogP contribution in [0.2, 0.25) is 10.0 Å². The summed E-state index contributed by atoms with van der Waals surface area (Å²) >= 11 is 11.5. The number of rotatable bonds is 4. The molecule has 0 radical (unpaired) electrons. The van der Waals surface area contributed by atoms with Gasteiger partial charge in [0.15, 0.2) is 6.10 Å².